The van der Waals surface area contributed by atoms with Gasteiger partial charge in [-0.2, -0.15) is 0 Å². The highest BCUT2D eigenvalue weighted by molar-refractivity contribution is 5.86. The van der Waals surface area contributed by atoms with E-state index in [-0.39, 0.29) is 12.2 Å². The number of carbonyl (C=O) groups is 1. The lowest BCUT2D eigenvalue weighted by Crippen LogP contribution is -2.36. The zero-order valence-corrected chi connectivity index (χ0v) is 18.1. The standard InChI is InChI=1S/C27H25N3O3/c28-25(32)24(14-17-9-10-17)30-26(19-6-2-1-3-7-19)29-23-12-11-21(15-22(23)27(30)33)20-8-4-5-18(13-20)16-31/h1-8,11-13,15,17,24,31H,9-10,14,16H2,(H2,28,32). The summed E-state index contributed by atoms with van der Waals surface area (Å²) in [7, 11) is 0. The Labute approximate surface area is 191 Å². The van der Waals surface area contributed by atoms with Gasteiger partial charge in [0.25, 0.3) is 5.56 Å². The third-order valence-electron chi connectivity index (χ3n) is 6.27. The Bertz CT molecular complexity index is 1390. The summed E-state index contributed by atoms with van der Waals surface area (Å²) in [5.74, 6) is 0.336. The Morgan fingerprint density at radius 2 is 1.73 bits per heavy atom. The second-order valence-electron chi connectivity index (χ2n) is 8.66. The van der Waals surface area contributed by atoms with Gasteiger partial charge in [0.2, 0.25) is 5.91 Å². The molecule has 6 nitrogen and oxygen atoms in total. The number of hydrogen-bond donors (Lipinski definition) is 2. The fourth-order valence-corrected chi connectivity index (χ4v) is 4.33. The normalized spacial score (nSPS) is 14.3. The number of nitrogens with two attached hydrogens (primary N) is 1. The van der Waals surface area contributed by atoms with Crippen LogP contribution < -0.4 is 11.3 Å². The molecule has 0 spiro atoms. The van der Waals surface area contributed by atoms with Gasteiger partial charge < -0.3 is 10.8 Å². The van der Waals surface area contributed by atoms with Gasteiger partial charge in [-0.3, -0.25) is 14.2 Å². The van der Waals surface area contributed by atoms with Gasteiger partial charge in [-0.1, -0.05) is 67.4 Å². The van der Waals surface area contributed by atoms with Crippen LogP contribution in [0.25, 0.3) is 33.4 Å². The van der Waals surface area contributed by atoms with Gasteiger partial charge in [0.05, 0.1) is 17.5 Å². The zero-order valence-electron chi connectivity index (χ0n) is 18.1. The van der Waals surface area contributed by atoms with Crippen LogP contribution in [0.4, 0.5) is 0 Å². The molecule has 1 aliphatic carbocycles. The maximum Gasteiger partial charge on any atom is 0.262 e. The monoisotopic (exact) mass is 439 g/mol. The molecular weight excluding hydrogens is 414 g/mol. The van der Waals surface area contributed by atoms with Crippen LogP contribution in [-0.4, -0.2) is 20.6 Å². The summed E-state index contributed by atoms with van der Waals surface area (Å²) < 4.78 is 1.49. The van der Waals surface area contributed by atoms with Crippen molar-refractivity contribution in [1.82, 2.24) is 9.55 Å². The molecule has 33 heavy (non-hydrogen) atoms. The zero-order chi connectivity index (χ0) is 22.9. The number of primary amides is 1. The summed E-state index contributed by atoms with van der Waals surface area (Å²) in [5, 5.41) is 9.92. The molecule has 0 radical (unpaired) electrons. The van der Waals surface area contributed by atoms with Crippen molar-refractivity contribution in [2.24, 2.45) is 11.7 Å². The lowest BCUT2D eigenvalue weighted by Gasteiger charge is -2.21. The van der Waals surface area contributed by atoms with Gasteiger partial charge >= 0.3 is 0 Å². The minimum Gasteiger partial charge on any atom is -0.392 e. The molecule has 5 rings (SSSR count). The molecule has 0 bridgehead atoms. The molecule has 0 aliphatic heterocycles. The molecule has 1 atom stereocenters. The maximum atomic E-state index is 13.9. The molecule has 1 saturated carbocycles. The van der Waals surface area contributed by atoms with Crippen molar-refractivity contribution in [2.75, 3.05) is 0 Å². The van der Waals surface area contributed by atoms with Crippen molar-refractivity contribution in [2.45, 2.75) is 31.9 Å². The minimum absolute atomic E-state index is 0.0579. The number of aromatic nitrogens is 2. The van der Waals surface area contributed by atoms with Crippen molar-refractivity contribution in [1.29, 1.82) is 0 Å². The Morgan fingerprint density at radius 3 is 2.42 bits per heavy atom. The molecule has 1 fully saturated rings. The van der Waals surface area contributed by atoms with Crippen LogP contribution in [0.2, 0.25) is 0 Å². The second-order valence-corrected chi connectivity index (χ2v) is 8.66. The van der Waals surface area contributed by atoms with Crippen molar-refractivity contribution < 1.29 is 9.90 Å². The number of benzene rings is 3. The van der Waals surface area contributed by atoms with Crippen LogP contribution in [0.5, 0.6) is 0 Å². The lowest BCUT2D eigenvalue weighted by atomic mass is 10.0. The summed E-state index contributed by atoms with van der Waals surface area (Å²) in [6, 6.07) is 21.8. The van der Waals surface area contributed by atoms with E-state index in [1.54, 1.807) is 0 Å². The predicted molar refractivity (Wildman–Crippen MR) is 128 cm³/mol. The summed E-state index contributed by atoms with van der Waals surface area (Å²) in [6.07, 6.45) is 2.64. The first-order valence-corrected chi connectivity index (χ1v) is 11.2. The summed E-state index contributed by atoms with van der Waals surface area (Å²) in [5.41, 5.74) is 9.39. The van der Waals surface area contributed by atoms with Crippen LogP contribution in [0.3, 0.4) is 0 Å². The fourth-order valence-electron chi connectivity index (χ4n) is 4.33. The average Bonchev–Trinajstić information content (AvgIpc) is 3.67. The summed E-state index contributed by atoms with van der Waals surface area (Å²) in [6.45, 7) is -0.0579. The number of aliphatic hydroxyl groups excluding tert-OH is 1. The van der Waals surface area contributed by atoms with Crippen molar-refractivity contribution >= 4 is 16.8 Å². The van der Waals surface area contributed by atoms with Gasteiger partial charge in [-0.25, -0.2) is 4.98 Å². The van der Waals surface area contributed by atoms with Gasteiger partial charge in [0, 0.05) is 5.56 Å². The Kier molecular flexibility index (Phi) is 5.52. The third-order valence-corrected chi connectivity index (χ3v) is 6.27. The first-order valence-electron chi connectivity index (χ1n) is 11.2. The summed E-state index contributed by atoms with van der Waals surface area (Å²) >= 11 is 0. The highest BCUT2D eigenvalue weighted by Gasteiger charge is 2.32. The highest BCUT2D eigenvalue weighted by atomic mass is 16.3. The number of hydrogen-bond acceptors (Lipinski definition) is 4. The molecule has 1 aliphatic rings. The maximum absolute atomic E-state index is 13.9. The van der Waals surface area contributed by atoms with Crippen molar-refractivity contribution in [3.63, 3.8) is 0 Å². The first kappa shape index (κ1) is 21.1. The Morgan fingerprint density at radius 1 is 1.00 bits per heavy atom. The quantitative estimate of drug-likeness (QED) is 0.454. The van der Waals surface area contributed by atoms with E-state index in [1.807, 2.05) is 72.8 Å². The second kappa shape index (κ2) is 8.64. The molecule has 1 unspecified atom stereocenters. The van der Waals surface area contributed by atoms with E-state index >= 15 is 0 Å². The molecule has 0 saturated heterocycles. The molecule has 6 heteroatoms. The topological polar surface area (TPSA) is 98.2 Å². The number of rotatable bonds is 7. The van der Waals surface area contributed by atoms with E-state index in [4.69, 9.17) is 10.7 Å². The predicted octanol–water partition coefficient (Wildman–Crippen LogP) is 4.05. The number of amides is 1. The van der Waals surface area contributed by atoms with E-state index in [2.05, 4.69) is 0 Å². The first-order chi connectivity index (χ1) is 16.0. The van der Waals surface area contributed by atoms with Crippen molar-refractivity contribution in [3.05, 3.63) is 88.7 Å². The molecule has 1 aromatic heterocycles. The van der Waals surface area contributed by atoms with Crippen LogP contribution in [0.15, 0.2) is 77.6 Å². The average molecular weight is 440 g/mol. The molecular formula is C27H25N3O3. The lowest BCUT2D eigenvalue weighted by molar-refractivity contribution is -0.121. The van der Waals surface area contributed by atoms with Gasteiger partial charge in [0.15, 0.2) is 0 Å². The SMILES string of the molecule is NC(=O)C(CC1CC1)n1c(-c2ccccc2)nc2ccc(-c3cccc(CO)c3)cc2c1=O. The molecule has 4 aromatic rings. The molecule has 1 heterocycles. The van der Waals surface area contributed by atoms with E-state index in [9.17, 15) is 14.7 Å². The van der Waals surface area contributed by atoms with Gasteiger partial charge in [0.1, 0.15) is 11.9 Å². The van der Waals surface area contributed by atoms with E-state index in [0.717, 1.165) is 35.1 Å². The molecule has 3 aromatic carbocycles. The number of nitrogens with zero attached hydrogens (tertiary/aromatic N) is 2. The molecule has 3 N–H and O–H groups in total. The summed E-state index contributed by atoms with van der Waals surface area (Å²) in [4.78, 5) is 31.2. The molecule has 1 amide bonds. The Balaban J connectivity index is 1.74. The highest BCUT2D eigenvalue weighted by Crippen LogP contribution is 2.37. The van der Waals surface area contributed by atoms with Gasteiger partial charge in [-0.05, 0) is 47.2 Å². The largest absolute Gasteiger partial charge is 0.392 e. The van der Waals surface area contributed by atoms with E-state index in [1.165, 1.54) is 4.57 Å². The number of fused-ring (bicyclic) bond motifs is 1. The van der Waals surface area contributed by atoms with Crippen LogP contribution in [-0.2, 0) is 11.4 Å². The van der Waals surface area contributed by atoms with Crippen LogP contribution in [0, 0.1) is 5.92 Å². The van der Waals surface area contributed by atoms with E-state index in [0.29, 0.717) is 29.1 Å². The minimum atomic E-state index is -0.751. The smallest absolute Gasteiger partial charge is 0.262 e. The Hall–Kier alpha value is -3.77. The van der Waals surface area contributed by atoms with Crippen LogP contribution >= 0.6 is 0 Å². The molecule has 166 valence electrons. The fraction of sp³-hybridized carbons (Fsp3) is 0.222. The number of carbonyl (C=O) groups excluding carboxylic acids is 1. The van der Waals surface area contributed by atoms with Crippen LogP contribution in [0.1, 0.15) is 30.9 Å². The third kappa shape index (κ3) is 4.17. The van der Waals surface area contributed by atoms with Crippen molar-refractivity contribution in [3.8, 4) is 22.5 Å². The number of aliphatic hydroxyl groups is 1. The van der Waals surface area contributed by atoms with E-state index < -0.39 is 11.9 Å². The van der Waals surface area contributed by atoms with Gasteiger partial charge in [-0.15, -0.1) is 0 Å².